The zero-order valence-corrected chi connectivity index (χ0v) is 63.1. The maximum atomic E-state index is 14.1. The number of methoxy groups -OCH3 is 1. The van der Waals surface area contributed by atoms with E-state index in [9.17, 15) is 53.1 Å². The van der Waals surface area contributed by atoms with Crippen molar-refractivity contribution >= 4 is 58.9 Å². The van der Waals surface area contributed by atoms with Crippen molar-refractivity contribution in [3.63, 3.8) is 0 Å². The fraction of sp³-hybridized carbons (Fsp3) is 0.558. The minimum absolute atomic E-state index is 0. The molecule has 2 aliphatic heterocycles. The molecule has 0 aromatic heterocycles. The van der Waals surface area contributed by atoms with Crippen LogP contribution in [0.15, 0.2) is 109 Å². The van der Waals surface area contributed by atoms with Crippen LogP contribution in [0.5, 0.6) is 0 Å². The number of benzene rings is 4. The number of Topliss-reactive ketones (excluding diaryl/α,β-unsaturated/α-hetero) is 2. The minimum atomic E-state index is -1.40. The second-order valence-electron chi connectivity index (χ2n) is 29.4. The summed E-state index contributed by atoms with van der Waals surface area (Å²) >= 11 is 0. The van der Waals surface area contributed by atoms with E-state index in [1.165, 1.54) is 7.11 Å². The number of ether oxygens (including phenoxy) is 1. The van der Waals surface area contributed by atoms with Crippen molar-refractivity contribution in [3.05, 3.63) is 143 Å². The number of piperidine rings is 2. The van der Waals surface area contributed by atoms with Crippen LogP contribution in [0.2, 0.25) is 0 Å². The molecule has 0 spiro atoms. The number of nitrogens with two attached hydrogens (primary N) is 6. The first-order valence-corrected chi connectivity index (χ1v) is 36.0. The Labute approximate surface area is 628 Å². The zero-order chi connectivity index (χ0) is 73.7. The summed E-state index contributed by atoms with van der Waals surface area (Å²) in [4.78, 5) is 138. The number of fused-ring (bicyclic) bond motifs is 2. The van der Waals surface area contributed by atoms with Crippen LogP contribution in [-0.4, -0.2) is 172 Å². The first-order valence-electron chi connectivity index (χ1n) is 36.0. The molecule has 6 atom stereocenters. The molecule has 2 aliphatic carbocycles. The van der Waals surface area contributed by atoms with E-state index in [2.05, 4.69) is 21.3 Å². The van der Waals surface area contributed by atoms with E-state index in [1.807, 2.05) is 137 Å². The molecule has 0 radical (unpaired) electrons. The number of ketones is 2. The molecule has 18 N–H and O–H groups in total. The summed E-state index contributed by atoms with van der Waals surface area (Å²) in [5.41, 5.74) is 38.3. The minimum Gasteiger partial charge on any atom is -0.870 e. The zero-order valence-electron chi connectivity index (χ0n) is 61.1. The van der Waals surface area contributed by atoms with Gasteiger partial charge in [0.25, 0.3) is 0 Å². The van der Waals surface area contributed by atoms with Gasteiger partial charge in [0.2, 0.25) is 35.4 Å². The molecular weight excluding hydrogens is 1320 g/mol. The van der Waals surface area contributed by atoms with Crippen molar-refractivity contribution in [2.75, 3.05) is 46.4 Å². The van der Waals surface area contributed by atoms with Crippen molar-refractivity contribution in [3.8, 4) is 0 Å². The Hall–Kier alpha value is -7.30. The van der Waals surface area contributed by atoms with Crippen molar-refractivity contribution < 1.29 is 92.8 Å². The van der Waals surface area contributed by atoms with Gasteiger partial charge in [0, 0.05) is 50.9 Å². The van der Waals surface area contributed by atoms with Crippen LogP contribution < -0.4 is 85.2 Å². The molecule has 4 aromatic carbocycles. The summed E-state index contributed by atoms with van der Waals surface area (Å²) in [6.07, 6.45) is 6.53. The van der Waals surface area contributed by atoms with Gasteiger partial charge in [0.05, 0.1) is 18.2 Å². The van der Waals surface area contributed by atoms with Crippen LogP contribution in [0.4, 0.5) is 0 Å². The summed E-state index contributed by atoms with van der Waals surface area (Å²) in [5, 5.41) is 21.2. The molecule has 8 rings (SSSR count). The predicted molar refractivity (Wildman–Crippen MR) is 388 cm³/mol. The molecule has 2 heterocycles. The number of hydrogen-bond acceptors (Lipinski definition) is 18. The third-order valence-corrected chi connectivity index (χ3v) is 20.4. The molecule has 0 saturated carbocycles. The number of unbranched alkanes of at least 4 members (excludes halogenated alkanes) is 2. The number of carbonyl (C=O) groups is 10. The van der Waals surface area contributed by atoms with Crippen LogP contribution in [0.3, 0.4) is 0 Å². The van der Waals surface area contributed by atoms with E-state index in [0.29, 0.717) is 96.6 Å². The topological polar surface area (TPSA) is 441 Å². The second-order valence-corrected chi connectivity index (χ2v) is 29.4. The molecule has 0 bridgehead atoms. The average molecular weight is 1440 g/mol. The fourth-order valence-electron chi connectivity index (χ4n) is 14.2. The largest absolute Gasteiger partial charge is 1.00 e. The molecule has 103 heavy (non-hydrogen) atoms. The van der Waals surface area contributed by atoms with Gasteiger partial charge < -0.3 is 80.8 Å². The van der Waals surface area contributed by atoms with E-state index in [4.69, 9.17) is 39.1 Å². The molecule has 2 saturated heterocycles. The maximum absolute atomic E-state index is 14.1. The molecule has 4 aromatic rings. The van der Waals surface area contributed by atoms with Gasteiger partial charge >= 0.3 is 41.5 Å². The third kappa shape index (κ3) is 24.4. The number of amides is 6. The number of nitrogens with zero attached hydrogens (tertiary/aromatic N) is 2. The maximum Gasteiger partial charge on any atom is 1.00 e. The average Bonchev–Trinajstić information content (AvgIpc) is 1.61. The standard InChI is InChI=1S/C39H56N6O6.C38H54N6O6.Na.H2O/c1-26(2)21-32(35(48)43-31(15-9-10-18-40)36(49)45-19-16-38(41,17-20-45)37(50)51-3)44-34(47)30(22-27-11-5-4-6-12-27)23-33(46)39(42)24-28-13-7-8-14-29(28)25-39;1-25(2)20-31(34(47)42-30(14-8-9-17-39)35(48)44-18-15-37(40,16-19-44)36(49)50)43-33(46)29(21-26-10-4-3-5-11-26)22-32(45)38(41)23-27-12-6-7-13-28(27)24-38;;/h4-8,11-14,26,30-32H,9-10,15-25,40-42H2,1-3H3,(H,43,48)(H,44,47);3-7,10-13,25,29-31H,8-9,14-24,39-41H2,1-2H3,(H,42,47)(H,43,46)(H,49,50);;1H2/q;;+1;/p-1/t30-,31+,32?;29-,30+,31?;;/m00../s1. The van der Waals surface area contributed by atoms with Gasteiger partial charge in [-0.1, -0.05) is 137 Å². The van der Waals surface area contributed by atoms with Crippen LogP contribution in [-0.2, 0) is 91.2 Å². The Bertz CT molecular complexity index is 3440. The van der Waals surface area contributed by atoms with E-state index in [-0.39, 0.29) is 141 Å². The van der Waals surface area contributed by atoms with Crippen LogP contribution in [0.25, 0.3) is 0 Å². The molecule has 25 nitrogen and oxygen atoms in total. The Balaban J connectivity index is 0.000000364. The predicted octanol–water partition coefficient (Wildman–Crippen LogP) is 0.616. The van der Waals surface area contributed by atoms with Gasteiger partial charge in [-0.05, 0) is 174 Å². The number of nitrogens with one attached hydrogen (secondary N) is 4. The number of esters is 1. The van der Waals surface area contributed by atoms with Gasteiger partial charge in [-0.2, -0.15) is 0 Å². The molecule has 558 valence electrons. The summed E-state index contributed by atoms with van der Waals surface area (Å²) in [6, 6.07) is 30.8. The van der Waals surface area contributed by atoms with E-state index >= 15 is 0 Å². The van der Waals surface area contributed by atoms with Gasteiger partial charge in [-0.15, -0.1) is 0 Å². The quantitative estimate of drug-likeness (QED) is 0.0173. The molecule has 2 unspecified atom stereocenters. The van der Waals surface area contributed by atoms with Crippen molar-refractivity contribution in [2.24, 2.45) is 58.1 Å². The van der Waals surface area contributed by atoms with E-state index < -0.39 is 93.7 Å². The Kier molecular flexibility index (Phi) is 33.8. The molecular formula is C77H111N12NaO13. The molecule has 6 amide bonds. The van der Waals surface area contributed by atoms with Crippen LogP contribution in [0, 0.1) is 23.7 Å². The van der Waals surface area contributed by atoms with Gasteiger partial charge in [0.15, 0.2) is 11.6 Å². The van der Waals surface area contributed by atoms with Crippen LogP contribution in [0.1, 0.15) is 151 Å². The normalized spacial score (nSPS) is 17.6. The van der Waals surface area contributed by atoms with E-state index in [0.717, 1.165) is 33.4 Å². The summed E-state index contributed by atoms with van der Waals surface area (Å²) in [6.45, 7) is 9.43. The first-order chi connectivity index (χ1) is 48.0. The van der Waals surface area contributed by atoms with Crippen molar-refractivity contribution in [2.45, 2.75) is 202 Å². The number of carboxylic acid groups (broad SMARTS) is 1. The molecule has 2 fully saturated rings. The number of hydrogen-bond donors (Lipinski definition) is 11. The van der Waals surface area contributed by atoms with Gasteiger partial charge in [0.1, 0.15) is 35.2 Å². The monoisotopic (exact) mass is 1430 g/mol. The van der Waals surface area contributed by atoms with Crippen molar-refractivity contribution in [1.82, 2.24) is 31.1 Å². The van der Waals surface area contributed by atoms with Crippen molar-refractivity contribution in [1.29, 1.82) is 0 Å². The van der Waals surface area contributed by atoms with Crippen LogP contribution >= 0.6 is 0 Å². The SMILES string of the molecule is CC(C)CC(NC(=O)[C@H](CC(=O)C1(N)Cc2ccccc2C1)Cc1ccccc1)C(=O)N[C@H](CCCCN)C(=O)N1CCC(N)(C(=O)O)CC1.COC(=O)C1(N)CCN(C(=O)[C@@H](CCCCN)NC(=O)C(CC(C)C)NC(=O)[C@H](CC(=O)C2(N)Cc3ccccc3C2)Cc2ccccc2)CC1.[Na+].[OH-]. The second kappa shape index (κ2) is 40.3. The Morgan fingerprint density at radius 3 is 1.07 bits per heavy atom. The van der Waals surface area contributed by atoms with Gasteiger partial charge in [-0.25, -0.2) is 0 Å². The number of carboxylic acids is 1. The van der Waals surface area contributed by atoms with E-state index in [1.54, 1.807) is 9.80 Å². The number of rotatable bonds is 34. The summed E-state index contributed by atoms with van der Waals surface area (Å²) in [7, 11) is 1.29. The third-order valence-electron chi connectivity index (χ3n) is 20.4. The number of aliphatic carboxylic acids is 1. The Morgan fingerprint density at radius 2 is 0.767 bits per heavy atom. The summed E-state index contributed by atoms with van der Waals surface area (Å²) in [5.74, 6) is -5.95. The smallest absolute Gasteiger partial charge is 0.870 e. The summed E-state index contributed by atoms with van der Waals surface area (Å²) < 4.78 is 4.86. The first kappa shape index (κ1) is 86.3. The number of likely N-dealkylation sites (tertiary alicyclic amines) is 2. The Morgan fingerprint density at radius 1 is 0.456 bits per heavy atom. The van der Waals surface area contributed by atoms with Gasteiger partial charge in [-0.3, -0.25) is 47.9 Å². The number of carbonyl (C=O) groups excluding carboxylic acids is 9. The molecule has 26 heteroatoms. The fourth-order valence-corrected chi connectivity index (χ4v) is 14.2. The molecule has 4 aliphatic rings.